The Balaban J connectivity index is 2.09. The van der Waals surface area contributed by atoms with Gasteiger partial charge in [0, 0.05) is 12.5 Å². The Morgan fingerprint density at radius 3 is 2.95 bits per heavy atom. The Bertz CT molecular complexity index is 518. The van der Waals surface area contributed by atoms with E-state index in [0.717, 1.165) is 12.8 Å². The van der Waals surface area contributed by atoms with Gasteiger partial charge in [0.25, 0.3) is 0 Å². The highest BCUT2D eigenvalue weighted by Gasteiger charge is 2.30. The van der Waals surface area contributed by atoms with E-state index in [1.54, 1.807) is 18.2 Å². The molecular weight excluding hydrogens is 242 g/mol. The van der Waals surface area contributed by atoms with Crippen molar-refractivity contribution in [3.8, 4) is 11.8 Å². The van der Waals surface area contributed by atoms with Crippen LogP contribution in [0.15, 0.2) is 18.2 Å². The lowest BCUT2D eigenvalue weighted by atomic mass is 10.1. The van der Waals surface area contributed by atoms with E-state index in [9.17, 15) is 4.79 Å². The molecule has 1 aliphatic carbocycles. The topological polar surface area (TPSA) is 88.1 Å². The van der Waals surface area contributed by atoms with E-state index < -0.39 is 0 Å². The molecule has 1 atom stereocenters. The number of carbonyl (C=O) groups excluding carboxylic acids is 1. The highest BCUT2D eigenvalue weighted by molar-refractivity contribution is 5.94. The minimum Gasteiger partial charge on any atom is -0.495 e. The van der Waals surface area contributed by atoms with Crippen molar-refractivity contribution in [3.05, 3.63) is 23.8 Å². The number of hydrogen-bond acceptors (Lipinski definition) is 4. The van der Waals surface area contributed by atoms with Gasteiger partial charge in [-0.25, -0.2) is 0 Å². The molecule has 1 unspecified atom stereocenters. The number of para-hydroxylation sites is 1. The number of nitriles is 1. The molecule has 0 radical (unpaired) electrons. The fraction of sp³-hybridized carbons (Fsp3) is 0.429. The Labute approximate surface area is 112 Å². The zero-order chi connectivity index (χ0) is 13.8. The molecule has 1 fully saturated rings. The molecule has 1 aromatic rings. The number of anilines is 1. The standard InChI is InChI=1S/C14H17N3O2/c1-19-12-4-2-3-10(8-15)14(12)17-13(18)7-11(16)9-5-6-9/h2-4,9,11H,5-7,16H2,1H3,(H,17,18). The third kappa shape index (κ3) is 3.24. The van der Waals surface area contributed by atoms with Crippen LogP contribution in [0.3, 0.4) is 0 Å². The average Bonchev–Trinajstić information content (AvgIpc) is 3.23. The van der Waals surface area contributed by atoms with Crippen molar-refractivity contribution in [1.82, 2.24) is 0 Å². The van der Waals surface area contributed by atoms with Crippen LogP contribution < -0.4 is 15.8 Å². The summed E-state index contributed by atoms with van der Waals surface area (Å²) in [6.45, 7) is 0. The van der Waals surface area contributed by atoms with Crippen LogP contribution in [-0.2, 0) is 4.79 Å². The highest BCUT2D eigenvalue weighted by atomic mass is 16.5. The fourth-order valence-corrected chi connectivity index (χ4v) is 2.02. The molecular formula is C14H17N3O2. The van der Waals surface area contributed by atoms with Gasteiger partial charge in [-0.05, 0) is 30.9 Å². The fourth-order valence-electron chi connectivity index (χ4n) is 2.02. The molecule has 5 heteroatoms. The number of nitrogens with one attached hydrogen (secondary N) is 1. The molecule has 0 saturated heterocycles. The number of nitrogens with zero attached hydrogens (tertiary/aromatic N) is 1. The number of ether oxygens (including phenoxy) is 1. The molecule has 0 aromatic heterocycles. The average molecular weight is 259 g/mol. The van der Waals surface area contributed by atoms with Crippen LogP contribution in [0.4, 0.5) is 5.69 Å². The van der Waals surface area contributed by atoms with E-state index in [-0.39, 0.29) is 18.4 Å². The second kappa shape index (κ2) is 5.72. The summed E-state index contributed by atoms with van der Waals surface area (Å²) in [5.41, 5.74) is 6.72. The number of carbonyl (C=O) groups is 1. The van der Waals surface area contributed by atoms with Gasteiger partial charge >= 0.3 is 0 Å². The van der Waals surface area contributed by atoms with E-state index >= 15 is 0 Å². The van der Waals surface area contributed by atoms with Gasteiger partial charge < -0.3 is 15.8 Å². The summed E-state index contributed by atoms with van der Waals surface area (Å²) in [5.74, 6) is 0.770. The molecule has 2 rings (SSSR count). The lowest BCUT2D eigenvalue weighted by Crippen LogP contribution is -2.29. The molecule has 0 heterocycles. The molecule has 19 heavy (non-hydrogen) atoms. The van der Waals surface area contributed by atoms with Crippen LogP contribution in [0.5, 0.6) is 5.75 Å². The van der Waals surface area contributed by atoms with Crippen LogP contribution in [-0.4, -0.2) is 19.1 Å². The largest absolute Gasteiger partial charge is 0.495 e. The normalized spacial score (nSPS) is 15.4. The van der Waals surface area contributed by atoms with E-state index in [2.05, 4.69) is 5.32 Å². The van der Waals surface area contributed by atoms with Crippen LogP contribution in [0.25, 0.3) is 0 Å². The summed E-state index contributed by atoms with van der Waals surface area (Å²) in [6, 6.07) is 7.00. The number of benzene rings is 1. The molecule has 100 valence electrons. The number of methoxy groups -OCH3 is 1. The predicted molar refractivity (Wildman–Crippen MR) is 71.7 cm³/mol. The maximum atomic E-state index is 11.9. The Morgan fingerprint density at radius 2 is 2.37 bits per heavy atom. The van der Waals surface area contributed by atoms with Gasteiger partial charge in [0.05, 0.1) is 12.7 Å². The number of amides is 1. The minimum atomic E-state index is -0.180. The van der Waals surface area contributed by atoms with E-state index in [0.29, 0.717) is 22.9 Å². The highest BCUT2D eigenvalue weighted by Crippen LogP contribution is 2.33. The zero-order valence-corrected chi connectivity index (χ0v) is 10.8. The third-order valence-corrected chi connectivity index (χ3v) is 3.28. The molecule has 0 aliphatic heterocycles. The van der Waals surface area contributed by atoms with Gasteiger partial charge in [0.1, 0.15) is 17.5 Å². The van der Waals surface area contributed by atoms with Crippen LogP contribution in [0.2, 0.25) is 0 Å². The zero-order valence-electron chi connectivity index (χ0n) is 10.8. The van der Waals surface area contributed by atoms with E-state index in [1.807, 2.05) is 6.07 Å². The number of rotatable bonds is 5. The quantitative estimate of drug-likeness (QED) is 0.841. The van der Waals surface area contributed by atoms with Crippen molar-refractivity contribution >= 4 is 11.6 Å². The van der Waals surface area contributed by atoms with Gasteiger partial charge in [-0.3, -0.25) is 4.79 Å². The van der Waals surface area contributed by atoms with Crippen molar-refractivity contribution < 1.29 is 9.53 Å². The smallest absolute Gasteiger partial charge is 0.226 e. The molecule has 0 spiro atoms. The molecule has 3 N–H and O–H groups in total. The van der Waals surface area contributed by atoms with Crippen LogP contribution >= 0.6 is 0 Å². The van der Waals surface area contributed by atoms with Crippen molar-refractivity contribution in [2.24, 2.45) is 11.7 Å². The molecule has 1 saturated carbocycles. The molecule has 5 nitrogen and oxygen atoms in total. The summed E-state index contributed by atoms with van der Waals surface area (Å²) in [4.78, 5) is 11.9. The molecule has 0 bridgehead atoms. The SMILES string of the molecule is COc1cccc(C#N)c1NC(=O)CC(N)C1CC1. The summed E-state index contributed by atoms with van der Waals surface area (Å²) < 4.78 is 5.16. The number of nitrogens with two attached hydrogens (primary N) is 1. The second-order valence-electron chi connectivity index (χ2n) is 4.75. The molecule has 1 aromatic carbocycles. The van der Waals surface area contributed by atoms with Gasteiger partial charge in [0.15, 0.2) is 0 Å². The molecule has 1 amide bonds. The second-order valence-corrected chi connectivity index (χ2v) is 4.75. The van der Waals surface area contributed by atoms with Gasteiger partial charge in [-0.1, -0.05) is 6.07 Å². The van der Waals surface area contributed by atoms with Crippen LogP contribution in [0, 0.1) is 17.2 Å². The maximum Gasteiger partial charge on any atom is 0.226 e. The van der Waals surface area contributed by atoms with E-state index in [4.69, 9.17) is 15.7 Å². The Morgan fingerprint density at radius 1 is 1.63 bits per heavy atom. The van der Waals surface area contributed by atoms with Gasteiger partial charge in [-0.15, -0.1) is 0 Å². The first-order valence-corrected chi connectivity index (χ1v) is 6.28. The van der Waals surface area contributed by atoms with Crippen molar-refractivity contribution in [1.29, 1.82) is 5.26 Å². The van der Waals surface area contributed by atoms with Crippen molar-refractivity contribution in [2.45, 2.75) is 25.3 Å². The predicted octanol–water partition coefficient (Wildman–Crippen LogP) is 1.63. The third-order valence-electron chi connectivity index (χ3n) is 3.28. The van der Waals surface area contributed by atoms with Crippen LogP contribution in [0.1, 0.15) is 24.8 Å². The first kappa shape index (κ1) is 13.4. The lowest BCUT2D eigenvalue weighted by molar-refractivity contribution is -0.116. The van der Waals surface area contributed by atoms with Gasteiger partial charge in [-0.2, -0.15) is 5.26 Å². The minimum absolute atomic E-state index is 0.0970. The first-order chi connectivity index (χ1) is 9.15. The Hall–Kier alpha value is -2.06. The lowest BCUT2D eigenvalue weighted by Gasteiger charge is -2.13. The van der Waals surface area contributed by atoms with Crippen molar-refractivity contribution in [3.63, 3.8) is 0 Å². The first-order valence-electron chi connectivity index (χ1n) is 6.28. The Kier molecular flexibility index (Phi) is 4.03. The summed E-state index contributed by atoms with van der Waals surface area (Å²) in [6.07, 6.45) is 2.48. The summed E-state index contributed by atoms with van der Waals surface area (Å²) in [7, 11) is 1.50. The summed E-state index contributed by atoms with van der Waals surface area (Å²) >= 11 is 0. The molecule has 1 aliphatic rings. The maximum absolute atomic E-state index is 11.9. The van der Waals surface area contributed by atoms with E-state index in [1.165, 1.54) is 7.11 Å². The van der Waals surface area contributed by atoms with Crippen molar-refractivity contribution in [2.75, 3.05) is 12.4 Å². The monoisotopic (exact) mass is 259 g/mol. The van der Waals surface area contributed by atoms with Gasteiger partial charge in [0.2, 0.25) is 5.91 Å². The summed E-state index contributed by atoms with van der Waals surface area (Å²) in [5, 5.41) is 11.8. The number of hydrogen-bond donors (Lipinski definition) is 2.